The number of fused-ring (bicyclic) bond motifs is 1. The van der Waals surface area contributed by atoms with Gasteiger partial charge in [0.25, 0.3) is 0 Å². The lowest BCUT2D eigenvalue weighted by Crippen LogP contribution is -2.25. The maximum Gasteiger partial charge on any atom is 0.239 e. The van der Waals surface area contributed by atoms with Crippen LogP contribution in [0.2, 0.25) is 0 Å². The van der Waals surface area contributed by atoms with E-state index in [1.807, 2.05) is 30.3 Å². The fourth-order valence-electron chi connectivity index (χ4n) is 2.59. The molecule has 1 aromatic carbocycles. The number of nitrogens with one attached hydrogen (secondary N) is 1. The second kappa shape index (κ2) is 8.16. The molecule has 1 atom stereocenters. The Balaban J connectivity index is 1.81. The molecule has 3 rings (SSSR count). The molecule has 1 unspecified atom stereocenters. The number of rotatable bonds is 7. The molecule has 1 amide bonds. The summed E-state index contributed by atoms with van der Waals surface area (Å²) in [6.45, 7) is 3.93. The van der Waals surface area contributed by atoms with Gasteiger partial charge in [0.05, 0.1) is 10.8 Å². The van der Waals surface area contributed by atoms with Gasteiger partial charge in [-0.1, -0.05) is 43.1 Å². The van der Waals surface area contributed by atoms with Gasteiger partial charge in [-0.3, -0.25) is 9.78 Å². The number of anilines is 1. The predicted molar refractivity (Wildman–Crippen MR) is 101 cm³/mol. The zero-order valence-electron chi connectivity index (χ0n) is 14.4. The lowest BCUT2D eigenvalue weighted by molar-refractivity contribution is -0.115. The number of nitrogens with zero attached hydrogens (tertiary/aromatic N) is 2. The van der Waals surface area contributed by atoms with Crippen molar-refractivity contribution in [2.75, 3.05) is 5.32 Å². The van der Waals surface area contributed by atoms with Crippen LogP contribution >= 0.6 is 11.8 Å². The zero-order valence-corrected chi connectivity index (χ0v) is 15.2. The molecule has 2 heterocycles. The Hall–Kier alpha value is -2.34. The predicted octanol–water partition coefficient (Wildman–Crippen LogP) is 4.82. The molecule has 130 valence electrons. The van der Waals surface area contributed by atoms with Gasteiger partial charge in [0.2, 0.25) is 5.91 Å². The number of hydrogen-bond acceptors (Lipinski definition) is 5. The molecule has 0 fully saturated rings. The van der Waals surface area contributed by atoms with Crippen molar-refractivity contribution in [3.63, 3.8) is 0 Å². The molecule has 6 heteroatoms. The van der Waals surface area contributed by atoms with E-state index in [4.69, 9.17) is 4.52 Å². The molecule has 5 nitrogen and oxygen atoms in total. The fourth-order valence-corrected chi connectivity index (χ4v) is 3.79. The Labute approximate surface area is 151 Å². The maximum atomic E-state index is 12.7. The first-order valence-electron chi connectivity index (χ1n) is 8.42. The van der Waals surface area contributed by atoms with Crippen molar-refractivity contribution in [1.29, 1.82) is 0 Å². The van der Waals surface area contributed by atoms with Crippen LogP contribution in [-0.4, -0.2) is 21.3 Å². The minimum absolute atomic E-state index is 0.0485. The van der Waals surface area contributed by atoms with Crippen LogP contribution in [0.4, 0.5) is 5.82 Å². The van der Waals surface area contributed by atoms with Crippen molar-refractivity contribution in [2.24, 2.45) is 0 Å². The highest BCUT2D eigenvalue weighted by atomic mass is 32.2. The zero-order chi connectivity index (χ0) is 17.6. The number of hydrogen-bond donors (Lipinski definition) is 1. The molecule has 25 heavy (non-hydrogen) atoms. The topological polar surface area (TPSA) is 68.0 Å². The number of aryl methyl sites for hydroxylation is 1. The summed E-state index contributed by atoms with van der Waals surface area (Å²) in [5.74, 6) is 1.09. The molecule has 3 aromatic rings. The van der Waals surface area contributed by atoms with Gasteiger partial charge in [-0.15, -0.1) is 11.8 Å². The first kappa shape index (κ1) is 17.5. The van der Waals surface area contributed by atoms with E-state index in [-0.39, 0.29) is 11.2 Å². The Bertz CT molecular complexity index is 857. The maximum absolute atomic E-state index is 12.7. The fraction of sp³-hybridized carbons (Fsp3) is 0.316. The van der Waals surface area contributed by atoms with Crippen LogP contribution < -0.4 is 5.32 Å². The largest absolute Gasteiger partial charge is 0.360 e. The number of para-hydroxylation sites is 1. The first-order valence-corrected chi connectivity index (χ1v) is 9.30. The SMILES string of the molecule is CCCCC(Sc1ccnc2ccccc12)C(=O)Nc1cc(C)on1. The Kier molecular flexibility index (Phi) is 5.71. The molecular formula is C19H21N3O2S. The third kappa shape index (κ3) is 4.39. The molecule has 0 radical (unpaired) electrons. The highest BCUT2D eigenvalue weighted by molar-refractivity contribution is 8.00. The second-order valence-corrected chi connectivity index (χ2v) is 7.13. The summed E-state index contributed by atoms with van der Waals surface area (Å²) < 4.78 is 5.02. The number of benzene rings is 1. The molecule has 0 aliphatic rings. The lowest BCUT2D eigenvalue weighted by atomic mass is 10.2. The van der Waals surface area contributed by atoms with Gasteiger partial charge in [0.1, 0.15) is 5.76 Å². The molecule has 0 spiro atoms. The number of carbonyl (C=O) groups excluding carboxylic acids is 1. The van der Waals surface area contributed by atoms with E-state index in [1.54, 1.807) is 30.9 Å². The Morgan fingerprint density at radius 3 is 2.92 bits per heavy atom. The molecule has 0 bridgehead atoms. The van der Waals surface area contributed by atoms with Crippen LogP contribution in [-0.2, 0) is 4.79 Å². The van der Waals surface area contributed by atoms with Crippen LogP contribution in [0.5, 0.6) is 0 Å². The van der Waals surface area contributed by atoms with Gasteiger partial charge >= 0.3 is 0 Å². The summed E-state index contributed by atoms with van der Waals surface area (Å²) in [6, 6.07) is 11.7. The molecule has 0 saturated heterocycles. The number of unbranched alkanes of at least 4 members (excludes halogenated alkanes) is 1. The minimum Gasteiger partial charge on any atom is -0.360 e. The van der Waals surface area contributed by atoms with E-state index in [1.165, 1.54) is 0 Å². The van der Waals surface area contributed by atoms with E-state index in [0.29, 0.717) is 11.6 Å². The number of carbonyl (C=O) groups is 1. The Morgan fingerprint density at radius 1 is 1.32 bits per heavy atom. The number of aromatic nitrogens is 2. The molecule has 2 aromatic heterocycles. The quantitative estimate of drug-likeness (QED) is 0.615. The smallest absolute Gasteiger partial charge is 0.239 e. The van der Waals surface area contributed by atoms with Crippen LogP contribution in [0.3, 0.4) is 0 Å². The second-order valence-electron chi connectivity index (χ2n) is 5.89. The minimum atomic E-state index is -0.192. The van der Waals surface area contributed by atoms with Crippen LogP contribution in [0.15, 0.2) is 52.0 Å². The van der Waals surface area contributed by atoms with Gasteiger partial charge in [0.15, 0.2) is 5.82 Å². The van der Waals surface area contributed by atoms with E-state index in [9.17, 15) is 4.79 Å². The normalized spacial score (nSPS) is 12.2. The van der Waals surface area contributed by atoms with Crippen molar-refractivity contribution in [3.8, 4) is 0 Å². The van der Waals surface area contributed by atoms with E-state index >= 15 is 0 Å². The highest BCUT2D eigenvalue weighted by Gasteiger charge is 2.21. The molecule has 0 saturated carbocycles. The van der Waals surface area contributed by atoms with Gasteiger partial charge < -0.3 is 9.84 Å². The summed E-state index contributed by atoms with van der Waals surface area (Å²) in [7, 11) is 0. The monoisotopic (exact) mass is 355 g/mol. The van der Waals surface area contributed by atoms with Crippen LogP contribution in [0, 0.1) is 6.92 Å². The van der Waals surface area contributed by atoms with Crippen LogP contribution in [0.1, 0.15) is 31.9 Å². The van der Waals surface area contributed by atoms with Crippen molar-refractivity contribution in [2.45, 2.75) is 43.3 Å². The summed E-state index contributed by atoms with van der Waals surface area (Å²) in [5, 5.41) is 7.59. The van der Waals surface area contributed by atoms with Crippen molar-refractivity contribution in [1.82, 2.24) is 10.1 Å². The van der Waals surface area contributed by atoms with Gasteiger partial charge in [-0.25, -0.2) is 0 Å². The Morgan fingerprint density at radius 2 is 2.16 bits per heavy atom. The molecular weight excluding hydrogens is 334 g/mol. The highest BCUT2D eigenvalue weighted by Crippen LogP contribution is 2.32. The number of pyridine rings is 1. The van der Waals surface area contributed by atoms with E-state index < -0.39 is 0 Å². The van der Waals surface area contributed by atoms with Gasteiger partial charge in [-0.05, 0) is 25.5 Å². The van der Waals surface area contributed by atoms with E-state index in [0.717, 1.165) is 35.1 Å². The number of amides is 1. The molecule has 0 aliphatic heterocycles. The third-order valence-corrected chi connectivity index (χ3v) is 5.21. The summed E-state index contributed by atoms with van der Waals surface area (Å²) in [5.41, 5.74) is 0.939. The van der Waals surface area contributed by atoms with Crippen molar-refractivity contribution < 1.29 is 9.32 Å². The van der Waals surface area contributed by atoms with Crippen molar-refractivity contribution >= 4 is 34.4 Å². The number of thioether (sulfide) groups is 1. The van der Waals surface area contributed by atoms with Crippen molar-refractivity contribution in [3.05, 3.63) is 48.4 Å². The third-order valence-electron chi connectivity index (χ3n) is 3.87. The summed E-state index contributed by atoms with van der Waals surface area (Å²) >= 11 is 1.58. The van der Waals surface area contributed by atoms with Crippen LogP contribution in [0.25, 0.3) is 10.9 Å². The molecule has 1 N–H and O–H groups in total. The molecule has 0 aliphatic carbocycles. The van der Waals surface area contributed by atoms with Gasteiger partial charge in [0, 0.05) is 22.5 Å². The summed E-state index contributed by atoms with van der Waals surface area (Å²) in [6.07, 6.45) is 4.64. The van der Waals surface area contributed by atoms with Gasteiger partial charge in [-0.2, -0.15) is 0 Å². The van der Waals surface area contributed by atoms with E-state index in [2.05, 4.69) is 22.4 Å². The lowest BCUT2D eigenvalue weighted by Gasteiger charge is -2.16. The summed E-state index contributed by atoms with van der Waals surface area (Å²) in [4.78, 5) is 18.2. The average molecular weight is 355 g/mol. The standard InChI is InChI=1S/C19H21N3O2S/c1-3-4-9-17(19(23)21-18-12-13(2)24-22-18)25-16-10-11-20-15-8-6-5-7-14(15)16/h5-8,10-12,17H,3-4,9H2,1-2H3,(H,21,22,23). The first-order chi connectivity index (χ1) is 12.2. The average Bonchev–Trinajstić information content (AvgIpc) is 3.03.